The summed E-state index contributed by atoms with van der Waals surface area (Å²) in [6.45, 7) is 25.0. The Morgan fingerprint density at radius 3 is 2.33 bits per heavy atom. The van der Waals surface area contributed by atoms with Gasteiger partial charge in [-0.05, 0) is 69.0 Å². The van der Waals surface area contributed by atoms with Crippen molar-refractivity contribution in [3.05, 3.63) is 41.7 Å². The topological polar surface area (TPSA) is 160 Å². The molecule has 7 rings (SSSR count). The lowest BCUT2D eigenvalue weighted by Crippen LogP contribution is -2.65. The molecule has 0 unspecified atom stereocenters. The highest BCUT2D eigenvalue weighted by Crippen LogP contribution is 2.43. The van der Waals surface area contributed by atoms with Crippen molar-refractivity contribution in [1.82, 2.24) is 24.7 Å². The number of piperazine rings is 1. The van der Waals surface area contributed by atoms with Crippen LogP contribution in [-0.2, 0) is 46.2 Å². The van der Waals surface area contributed by atoms with Crippen LogP contribution in [0.4, 0.5) is 16.2 Å². The first-order chi connectivity index (χ1) is 31.5. The van der Waals surface area contributed by atoms with E-state index in [4.69, 9.17) is 28.7 Å². The van der Waals surface area contributed by atoms with Crippen LogP contribution >= 0.6 is 0 Å². The van der Waals surface area contributed by atoms with Gasteiger partial charge in [0.15, 0.2) is 0 Å². The molecule has 2 N–H and O–H groups in total. The van der Waals surface area contributed by atoms with Crippen molar-refractivity contribution < 1.29 is 43.2 Å². The van der Waals surface area contributed by atoms with E-state index in [1.807, 2.05) is 13.1 Å². The Hall–Kier alpha value is -4.26. The van der Waals surface area contributed by atoms with Gasteiger partial charge in [-0.3, -0.25) is 19.6 Å². The highest BCUT2D eigenvalue weighted by Gasteiger charge is 2.43. The molecule has 16 nitrogen and oxygen atoms in total. The van der Waals surface area contributed by atoms with E-state index in [-0.39, 0.29) is 25.3 Å². The lowest BCUT2D eigenvalue weighted by atomic mass is 9.84. The second-order valence-electron chi connectivity index (χ2n) is 20.6. The van der Waals surface area contributed by atoms with Crippen LogP contribution < -0.4 is 15.1 Å². The molecule has 17 heteroatoms. The number of carbonyl (C=O) groups is 3. The van der Waals surface area contributed by atoms with Crippen LogP contribution in [-0.4, -0.2) is 167 Å². The van der Waals surface area contributed by atoms with Crippen molar-refractivity contribution >= 4 is 48.4 Å². The number of carboxylic acid groups (broad SMARTS) is 1. The molecule has 0 spiro atoms. The van der Waals surface area contributed by atoms with E-state index in [0.717, 1.165) is 83.1 Å². The number of esters is 1. The summed E-state index contributed by atoms with van der Waals surface area (Å²) in [7, 11) is 0.239. The molecule has 4 fully saturated rings. The number of morpholine rings is 2. The molecule has 3 saturated heterocycles. The van der Waals surface area contributed by atoms with Gasteiger partial charge in [0.1, 0.15) is 6.04 Å². The fourth-order valence-electron chi connectivity index (χ4n) is 9.86. The minimum Gasteiger partial charge on any atom is -0.480 e. The number of rotatable bonds is 19. The number of benzene rings is 1. The predicted octanol–water partition coefficient (Wildman–Crippen LogP) is 6.27. The summed E-state index contributed by atoms with van der Waals surface area (Å²) in [5.41, 5.74) is 6.81. The molecule has 66 heavy (non-hydrogen) atoms. The quantitative estimate of drug-likeness (QED) is 0.102. The first-order valence-corrected chi connectivity index (χ1v) is 27.8. The number of methoxy groups -OCH3 is 1. The predicted molar refractivity (Wildman–Crippen MR) is 259 cm³/mol. The van der Waals surface area contributed by atoms with E-state index in [1.54, 1.807) is 7.11 Å². The van der Waals surface area contributed by atoms with Gasteiger partial charge in [-0.2, -0.15) is 0 Å². The fraction of sp³-hybridized carbons (Fsp3) is 0.673. The summed E-state index contributed by atoms with van der Waals surface area (Å²) in [5.74, 6) is -1.46. The molecule has 3 aromatic rings. The molecular formula is C49H75N7O9Si. The number of pyridine rings is 1. The Balaban J connectivity index is 1.27. The number of aromatic nitrogens is 2. The van der Waals surface area contributed by atoms with Gasteiger partial charge in [0.25, 0.3) is 0 Å². The zero-order valence-electron chi connectivity index (χ0n) is 40.9. The number of fused-ring (bicyclic) bond motifs is 1. The SMILES string of the molecule is CCn1c(-c2cc(N3CCN(C4CC4)CC3)cnc2[C@H](C)OC)c(CC(C)(C)COC(C)=O)c2cc(N3CCO[C@@H]([C@H]([C@H](NC(=O)OCC[Si](C)(C)C)C(=O)O)N4CCOCC4)C3)ccc21. The molecule has 4 aliphatic rings. The molecule has 2 aromatic heterocycles. The molecule has 1 aliphatic carbocycles. The molecule has 3 aliphatic heterocycles. The molecule has 1 aromatic carbocycles. The summed E-state index contributed by atoms with van der Waals surface area (Å²) in [6, 6.07) is 8.44. The Kier molecular flexibility index (Phi) is 16.1. The normalized spacial score (nSPS) is 20.5. The summed E-state index contributed by atoms with van der Waals surface area (Å²) >= 11 is 0. The number of hydrogen-bond acceptors (Lipinski definition) is 13. The van der Waals surface area contributed by atoms with Crippen LogP contribution in [0.15, 0.2) is 30.5 Å². The third-order valence-corrected chi connectivity index (χ3v) is 15.4. The molecule has 5 heterocycles. The minimum absolute atomic E-state index is 0.239. The molecule has 0 bridgehead atoms. The average molecular weight is 934 g/mol. The van der Waals surface area contributed by atoms with Crippen LogP contribution in [0.3, 0.4) is 0 Å². The lowest BCUT2D eigenvalue weighted by molar-refractivity contribution is -0.146. The number of carbonyl (C=O) groups excluding carboxylic acids is 2. The number of alkyl carbamates (subject to hydrolysis) is 1. The molecule has 1 amide bonds. The fourth-order valence-corrected chi connectivity index (χ4v) is 10.6. The van der Waals surface area contributed by atoms with Crippen LogP contribution in [0.5, 0.6) is 0 Å². The number of ether oxygens (including phenoxy) is 5. The minimum atomic E-state index is -1.48. The van der Waals surface area contributed by atoms with Gasteiger partial charge in [0.2, 0.25) is 0 Å². The van der Waals surface area contributed by atoms with E-state index in [1.165, 1.54) is 19.8 Å². The van der Waals surface area contributed by atoms with E-state index < -0.39 is 43.7 Å². The first-order valence-electron chi connectivity index (χ1n) is 24.1. The van der Waals surface area contributed by atoms with E-state index in [9.17, 15) is 19.5 Å². The van der Waals surface area contributed by atoms with E-state index >= 15 is 0 Å². The van der Waals surface area contributed by atoms with Crippen LogP contribution in [0.1, 0.15) is 64.8 Å². The Morgan fingerprint density at radius 1 is 0.970 bits per heavy atom. The maximum absolute atomic E-state index is 13.2. The molecule has 4 atom stereocenters. The van der Waals surface area contributed by atoms with Gasteiger partial charge in [0, 0.05) is 115 Å². The second-order valence-corrected chi connectivity index (χ2v) is 26.2. The van der Waals surface area contributed by atoms with Crippen molar-refractivity contribution in [3.8, 4) is 11.3 Å². The van der Waals surface area contributed by atoms with Crippen molar-refractivity contribution in [2.45, 2.75) is 116 Å². The third-order valence-electron chi connectivity index (χ3n) is 13.7. The number of hydrogen-bond donors (Lipinski definition) is 2. The van der Waals surface area contributed by atoms with E-state index in [2.05, 4.69) is 94.2 Å². The smallest absolute Gasteiger partial charge is 0.407 e. The summed E-state index contributed by atoms with van der Waals surface area (Å²) in [4.78, 5) is 53.0. The lowest BCUT2D eigenvalue weighted by Gasteiger charge is -2.45. The van der Waals surface area contributed by atoms with Crippen molar-refractivity contribution in [1.29, 1.82) is 0 Å². The second kappa shape index (κ2) is 21.4. The number of aliphatic carboxylic acids is 1. The highest BCUT2D eigenvalue weighted by molar-refractivity contribution is 6.76. The standard InChI is InChI=1S/C49H75N7O9Si/c1-10-56-41-14-13-36(55-21-24-63-42(31-55)46(54-19-22-62-23-20-54)44(47(58)59)51-48(60)64-25-26-66(7,8)9)27-38(41)40(29-49(4,5)32-65-34(3)57)45(56)39-28-37(30-50-43(39)33(2)61-6)53-17-15-52(16-18-53)35-11-12-35/h13-14,27-28,30,33,35,42,44,46H,10-12,15-26,29,31-32H2,1-9H3,(H,51,60)(H,58,59)/t33-,42+,44-,46+/m0/s1. The Labute approximate surface area is 392 Å². The Morgan fingerprint density at radius 2 is 1.70 bits per heavy atom. The number of anilines is 2. The zero-order chi connectivity index (χ0) is 47.3. The zero-order valence-corrected chi connectivity index (χ0v) is 41.9. The van der Waals surface area contributed by atoms with Crippen molar-refractivity contribution in [2.24, 2.45) is 5.41 Å². The number of aryl methyl sites for hydroxylation is 1. The first kappa shape index (κ1) is 49.6. The van der Waals surface area contributed by atoms with Crippen molar-refractivity contribution in [2.75, 3.05) is 102 Å². The van der Waals surface area contributed by atoms with Crippen LogP contribution in [0.2, 0.25) is 25.7 Å². The maximum Gasteiger partial charge on any atom is 0.407 e. The van der Waals surface area contributed by atoms with Gasteiger partial charge in [-0.25, -0.2) is 9.59 Å². The number of nitrogens with one attached hydrogen (secondary N) is 1. The van der Waals surface area contributed by atoms with E-state index in [0.29, 0.717) is 59.0 Å². The third kappa shape index (κ3) is 12.1. The summed E-state index contributed by atoms with van der Waals surface area (Å²) < 4.78 is 31.8. The molecule has 0 radical (unpaired) electrons. The highest BCUT2D eigenvalue weighted by atomic mass is 28.3. The number of amides is 1. The maximum atomic E-state index is 13.2. The van der Waals surface area contributed by atoms with Crippen LogP contribution in [0, 0.1) is 5.41 Å². The monoisotopic (exact) mass is 934 g/mol. The van der Waals surface area contributed by atoms with Gasteiger partial charge < -0.3 is 48.5 Å². The molecular weight excluding hydrogens is 859 g/mol. The molecule has 1 saturated carbocycles. The Bertz CT molecular complexity index is 2160. The number of carboxylic acids is 1. The van der Waals surface area contributed by atoms with Gasteiger partial charge >= 0.3 is 18.0 Å². The average Bonchev–Trinajstić information content (AvgIpc) is 4.10. The van der Waals surface area contributed by atoms with Gasteiger partial charge in [0.05, 0.1) is 74.6 Å². The summed E-state index contributed by atoms with van der Waals surface area (Å²) in [5, 5.41) is 14.5. The van der Waals surface area contributed by atoms with Gasteiger partial charge in [-0.15, -0.1) is 0 Å². The largest absolute Gasteiger partial charge is 0.480 e. The van der Waals surface area contributed by atoms with Gasteiger partial charge in [-0.1, -0.05) is 33.5 Å². The van der Waals surface area contributed by atoms with Crippen LogP contribution in [0.25, 0.3) is 22.2 Å². The number of nitrogens with zero attached hydrogens (tertiary/aromatic N) is 6. The van der Waals surface area contributed by atoms with Crippen molar-refractivity contribution in [3.63, 3.8) is 0 Å². The molecule has 364 valence electrons. The summed E-state index contributed by atoms with van der Waals surface area (Å²) in [6.07, 6.45) is 3.64.